The van der Waals surface area contributed by atoms with Crippen LogP contribution in [0.1, 0.15) is 24.8 Å². The number of rotatable bonds is 6. The molecule has 23 heavy (non-hydrogen) atoms. The zero-order valence-corrected chi connectivity index (χ0v) is 13.3. The third kappa shape index (κ3) is 5.01. The van der Waals surface area contributed by atoms with Gasteiger partial charge < -0.3 is 15.3 Å². The molecule has 2 N–H and O–H groups in total. The predicted molar refractivity (Wildman–Crippen MR) is 87.3 cm³/mol. The van der Waals surface area contributed by atoms with Gasteiger partial charge in [0.2, 0.25) is 5.91 Å². The van der Waals surface area contributed by atoms with Crippen molar-refractivity contribution in [3.8, 4) is 0 Å². The van der Waals surface area contributed by atoms with Gasteiger partial charge in [0, 0.05) is 37.4 Å². The number of nitro benzene ring substituents is 1. The Kier molecular flexibility index (Phi) is 6.06. The van der Waals surface area contributed by atoms with Crippen LogP contribution < -0.4 is 5.32 Å². The van der Waals surface area contributed by atoms with Crippen molar-refractivity contribution >= 4 is 17.3 Å². The van der Waals surface area contributed by atoms with Crippen LogP contribution in [-0.4, -0.2) is 47.1 Å². The molecule has 1 aliphatic rings. The van der Waals surface area contributed by atoms with Crippen molar-refractivity contribution in [1.29, 1.82) is 0 Å². The molecule has 0 unspecified atom stereocenters. The number of likely N-dealkylation sites (tertiary alicyclic amines) is 1. The summed E-state index contributed by atoms with van der Waals surface area (Å²) >= 11 is 0. The average Bonchev–Trinajstić information content (AvgIpc) is 2.55. The quantitative estimate of drug-likeness (QED) is 0.616. The number of non-ortho nitro benzene ring substituents is 1. The molecule has 2 rings (SSSR count). The second-order valence-corrected chi connectivity index (χ2v) is 6.02. The summed E-state index contributed by atoms with van der Waals surface area (Å²) in [6, 6.07) is 4.41. The van der Waals surface area contributed by atoms with E-state index in [1.165, 1.54) is 12.1 Å². The number of nitro groups is 1. The topological polar surface area (TPSA) is 95.7 Å². The van der Waals surface area contributed by atoms with Crippen molar-refractivity contribution in [1.82, 2.24) is 4.90 Å². The van der Waals surface area contributed by atoms with E-state index in [1.807, 2.05) is 0 Å². The number of nitrogens with one attached hydrogen (secondary N) is 1. The predicted octanol–water partition coefficient (Wildman–Crippen LogP) is 1.94. The lowest BCUT2D eigenvalue weighted by Crippen LogP contribution is -2.36. The molecule has 7 heteroatoms. The van der Waals surface area contributed by atoms with Crippen LogP contribution in [0.15, 0.2) is 18.2 Å². The molecule has 1 aromatic rings. The van der Waals surface area contributed by atoms with Crippen LogP contribution in [0.5, 0.6) is 0 Å². The van der Waals surface area contributed by atoms with E-state index in [0.717, 1.165) is 25.9 Å². The van der Waals surface area contributed by atoms with Crippen molar-refractivity contribution in [3.05, 3.63) is 33.9 Å². The zero-order chi connectivity index (χ0) is 16.8. The van der Waals surface area contributed by atoms with Gasteiger partial charge in [-0.05, 0) is 50.4 Å². The summed E-state index contributed by atoms with van der Waals surface area (Å²) in [5.74, 6) is 0.300. The van der Waals surface area contributed by atoms with Gasteiger partial charge in [-0.25, -0.2) is 0 Å². The van der Waals surface area contributed by atoms with Gasteiger partial charge in [-0.1, -0.05) is 0 Å². The maximum atomic E-state index is 12.0. The average molecular weight is 321 g/mol. The molecule has 1 saturated heterocycles. The Hall–Kier alpha value is -1.99. The fourth-order valence-electron chi connectivity index (χ4n) is 2.77. The Bertz CT molecular complexity index is 568. The fraction of sp³-hybridized carbons (Fsp3) is 0.562. The Labute approximate surface area is 135 Å². The van der Waals surface area contributed by atoms with E-state index < -0.39 is 4.92 Å². The molecule has 0 atom stereocenters. The minimum Gasteiger partial charge on any atom is -0.396 e. The number of hydrogen-bond donors (Lipinski definition) is 2. The first-order valence-electron chi connectivity index (χ1n) is 7.87. The van der Waals surface area contributed by atoms with Crippen LogP contribution >= 0.6 is 0 Å². The van der Waals surface area contributed by atoms with Gasteiger partial charge >= 0.3 is 0 Å². The first-order chi connectivity index (χ1) is 11.0. The van der Waals surface area contributed by atoms with Gasteiger partial charge in [-0.2, -0.15) is 0 Å². The number of anilines is 1. The number of aryl methyl sites for hydroxylation is 1. The summed E-state index contributed by atoms with van der Waals surface area (Å²) in [7, 11) is 0. The summed E-state index contributed by atoms with van der Waals surface area (Å²) in [6.07, 6.45) is 2.33. The highest BCUT2D eigenvalue weighted by molar-refractivity contribution is 5.91. The monoisotopic (exact) mass is 321 g/mol. The van der Waals surface area contributed by atoms with E-state index in [-0.39, 0.29) is 18.2 Å². The molecule has 0 aromatic heterocycles. The number of piperidine rings is 1. The van der Waals surface area contributed by atoms with E-state index in [9.17, 15) is 14.9 Å². The van der Waals surface area contributed by atoms with E-state index in [0.29, 0.717) is 30.1 Å². The summed E-state index contributed by atoms with van der Waals surface area (Å²) in [5, 5.41) is 22.6. The Balaban J connectivity index is 1.80. The lowest BCUT2D eigenvalue weighted by molar-refractivity contribution is -0.384. The summed E-state index contributed by atoms with van der Waals surface area (Å²) in [4.78, 5) is 24.5. The number of amides is 1. The highest BCUT2D eigenvalue weighted by atomic mass is 16.6. The molecule has 0 bridgehead atoms. The van der Waals surface area contributed by atoms with Gasteiger partial charge in [0.05, 0.1) is 4.92 Å². The van der Waals surface area contributed by atoms with Crippen LogP contribution in [0.3, 0.4) is 0 Å². The number of carbonyl (C=O) groups is 1. The highest BCUT2D eigenvalue weighted by Gasteiger charge is 2.19. The molecule has 1 aliphatic heterocycles. The maximum absolute atomic E-state index is 12.0. The van der Waals surface area contributed by atoms with E-state index in [4.69, 9.17) is 5.11 Å². The minimum atomic E-state index is -0.450. The van der Waals surface area contributed by atoms with Crippen molar-refractivity contribution in [3.63, 3.8) is 0 Å². The smallest absolute Gasteiger partial charge is 0.269 e. The highest BCUT2D eigenvalue weighted by Crippen LogP contribution is 2.21. The van der Waals surface area contributed by atoms with Crippen LogP contribution in [-0.2, 0) is 4.79 Å². The van der Waals surface area contributed by atoms with E-state index in [2.05, 4.69) is 10.2 Å². The van der Waals surface area contributed by atoms with E-state index in [1.54, 1.807) is 13.0 Å². The molecular formula is C16H23N3O4. The number of nitrogens with zero attached hydrogens (tertiary/aromatic N) is 2. The van der Waals surface area contributed by atoms with Crippen LogP contribution in [0.4, 0.5) is 11.4 Å². The van der Waals surface area contributed by atoms with Crippen molar-refractivity contribution in [2.45, 2.75) is 26.2 Å². The number of aliphatic hydroxyl groups is 1. The van der Waals surface area contributed by atoms with Gasteiger partial charge in [-0.3, -0.25) is 14.9 Å². The summed E-state index contributed by atoms with van der Waals surface area (Å²) < 4.78 is 0. The number of hydrogen-bond acceptors (Lipinski definition) is 5. The van der Waals surface area contributed by atoms with Crippen LogP contribution in [0.2, 0.25) is 0 Å². The first-order valence-corrected chi connectivity index (χ1v) is 7.87. The molecule has 0 saturated carbocycles. The maximum Gasteiger partial charge on any atom is 0.269 e. The summed E-state index contributed by atoms with van der Waals surface area (Å²) in [5.41, 5.74) is 1.31. The number of aliphatic hydroxyl groups excluding tert-OH is 1. The summed E-state index contributed by atoms with van der Waals surface area (Å²) in [6.45, 7) is 4.50. The molecule has 1 heterocycles. The first kappa shape index (κ1) is 17.4. The third-order valence-electron chi connectivity index (χ3n) is 4.32. The van der Waals surface area contributed by atoms with Crippen molar-refractivity contribution < 1.29 is 14.8 Å². The van der Waals surface area contributed by atoms with Crippen molar-refractivity contribution in [2.24, 2.45) is 5.92 Å². The van der Waals surface area contributed by atoms with Crippen LogP contribution in [0, 0.1) is 23.0 Å². The van der Waals surface area contributed by atoms with Gasteiger partial charge in [0.15, 0.2) is 0 Å². The lowest BCUT2D eigenvalue weighted by atomic mass is 9.98. The lowest BCUT2D eigenvalue weighted by Gasteiger charge is -2.30. The second kappa shape index (κ2) is 8.03. The SMILES string of the molecule is Cc1cc([N+](=O)[O-])ccc1NC(=O)CCN1CCC(CO)CC1. The normalized spacial score (nSPS) is 16.3. The molecule has 1 aromatic carbocycles. The van der Waals surface area contributed by atoms with Gasteiger partial charge in [0.25, 0.3) is 5.69 Å². The Morgan fingerprint density at radius 2 is 2.13 bits per heavy atom. The zero-order valence-electron chi connectivity index (χ0n) is 13.3. The number of carbonyl (C=O) groups excluding carboxylic acids is 1. The standard InChI is InChI=1S/C16H23N3O4/c1-12-10-14(19(22)23)2-3-15(12)17-16(21)6-9-18-7-4-13(11-20)5-8-18/h2-3,10,13,20H,4-9,11H2,1H3,(H,17,21). The largest absolute Gasteiger partial charge is 0.396 e. The van der Waals surface area contributed by atoms with Crippen molar-refractivity contribution in [2.75, 3.05) is 31.6 Å². The van der Waals surface area contributed by atoms with Crippen LogP contribution in [0.25, 0.3) is 0 Å². The molecule has 7 nitrogen and oxygen atoms in total. The van der Waals surface area contributed by atoms with E-state index >= 15 is 0 Å². The van der Waals surface area contributed by atoms with Gasteiger partial charge in [-0.15, -0.1) is 0 Å². The molecular weight excluding hydrogens is 298 g/mol. The minimum absolute atomic E-state index is 0.0206. The number of benzene rings is 1. The molecule has 1 amide bonds. The molecule has 0 radical (unpaired) electrons. The molecule has 1 fully saturated rings. The molecule has 0 spiro atoms. The van der Waals surface area contributed by atoms with Gasteiger partial charge in [0.1, 0.15) is 0 Å². The Morgan fingerprint density at radius 1 is 1.43 bits per heavy atom. The Morgan fingerprint density at radius 3 is 2.70 bits per heavy atom. The fourth-order valence-corrected chi connectivity index (χ4v) is 2.77. The second-order valence-electron chi connectivity index (χ2n) is 6.02. The third-order valence-corrected chi connectivity index (χ3v) is 4.32. The molecule has 126 valence electrons. The molecule has 0 aliphatic carbocycles.